The minimum Gasteiger partial charge on any atom is -0.329 e. The third-order valence-corrected chi connectivity index (χ3v) is 2.08. The maximum atomic E-state index is 5.70. The molecule has 0 aromatic heterocycles. The summed E-state index contributed by atoms with van der Waals surface area (Å²) in [5.74, 6) is 0. The highest BCUT2D eigenvalue weighted by atomic mass is 79.9. The number of benzene rings is 1. The van der Waals surface area contributed by atoms with Crippen molar-refractivity contribution in [3.63, 3.8) is 0 Å². The first kappa shape index (κ1) is 11.9. The van der Waals surface area contributed by atoms with Crippen molar-refractivity contribution in [1.29, 1.82) is 0 Å². The summed E-state index contributed by atoms with van der Waals surface area (Å²) >= 11 is 3.34. The molecule has 0 saturated carbocycles. The lowest BCUT2D eigenvalue weighted by molar-refractivity contribution is 0.737. The van der Waals surface area contributed by atoms with Crippen LogP contribution in [0, 0.1) is 0 Å². The number of halogens is 2. The molecular formula is C8H12BrClN2. The molecule has 2 nitrogen and oxygen atoms in total. The van der Waals surface area contributed by atoms with Gasteiger partial charge in [-0.05, 0) is 17.7 Å². The van der Waals surface area contributed by atoms with E-state index in [1.165, 1.54) is 0 Å². The quantitative estimate of drug-likeness (QED) is 0.842. The Hall–Kier alpha value is -0.0900. The summed E-state index contributed by atoms with van der Waals surface area (Å²) in [6.07, 6.45) is 0. The molecule has 0 aliphatic carbocycles. The average Bonchev–Trinajstić information content (AvgIpc) is 2.05. The van der Waals surface area contributed by atoms with E-state index in [9.17, 15) is 0 Å². The van der Waals surface area contributed by atoms with E-state index >= 15 is 0 Å². The molecule has 0 bridgehead atoms. The Bertz CT molecular complexity index is 225. The Morgan fingerprint density at radius 3 is 2.17 bits per heavy atom. The third kappa shape index (κ3) is 3.11. The van der Waals surface area contributed by atoms with Crippen molar-refractivity contribution in [3.8, 4) is 0 Å². The highest BCUT2D eigenvalue weighted by Gasteiger charge is 2.01. The largest absolute Gasteiger partial charge is 0.329 e. The third-order valence-electron chi connectivity index (χ3n) is 1.55. The zero-order chi connectivity index (χ0) is 8.27. The minimum absolute atomic E-state index is 0. The Morgan fingerprint density at radius 1 is 1.25 bits per heavy atom. The van der Waals surface area contributed by atoms with Crippen LogP contribution in [0.25, 0.3) is 0 Å². The molecule has 0 saturated heterocycles. The molecule has 0 fully saturated rings. The second-order valence-corrected chi connectivity index (χ2v) is 3.31. The summed E-state index contributed by atoms with van der Waals surface area (Å²) in [6.45, 7) is 0.488. The van der Waals surface area contributed by atoms with E-state index in [0.29, 0.717) is 6.54 Å². The first-order chi connectivity index (χ1) is 5.24. The predicted molar refractivity (Wildman–Crippen MR) is 57.4 cm³/mol. The van der Waals surface area contributed by atoms with Gasteiger partial charge in [0, 0.05) is 17.1 Å². The van der Waals surface area contributed by atoms with Crippen molar-refractivity contribution in [2.45, 2.75) is 6.04 Å². The van der Waals surface area contributed by atoms with Crippen LogP contribution < -0.4 is 11.5 Å². The van der Waals surface area contributed by atoms with Gasteiger partial charge in [-0.3, -0.25) is 0 Å². The van der Waals surface area contributed by atoms with Crippen LogP contribution >= 0.6 is 28.3 Å². The van der Waals surface area contributed by atoms with Gasteiger partial charge in [0.15, 0.2) is 0 Å². The monoisotopic (exact) mass is 250 g/mol. The van der Waals surface area contributed by atoms with Crippen LogP contribution in [0.15, 0.2) is 28.7 Å². The molecule has 0 unspecified atom stereocenters. The molecule has 1 rings (SSSR count). The van der Waals surface area contributed by atoms with Crippen molar-refractivity contribution in [2.24, 2.45) is 11.5 Å². The van der Waals surface area contributed by atoms with E-state index in [2.05, 4.69) is 15.9 Å². The van der Waals surface area contributed by atoms with Gasteiger partial charge in [-0.15, -0.1) is 12.4 Å². The number of nitrogens with two attached hydrogens (primary N) is 2. The summed E-state index contributed by atoms with van der Waals surface area (Å²) in [6, 6.07) is 7.84. The van der Waals surface area contributed by atoms with E-state index in [1.54, 1.807) is 0 Å². The maximum Gasteiger partial charge on any atom is 0.0419 e. The van der Waals surface area contributed by atoms with Gasteiger partial charge in [0.05, 0.1) is 0 Å². The number of rotatable bonds is 2. The van der Waals surface area contributed by atoms with E-state index in [1.807, 2.05) is 24.3 Å². The van der Waals surface area contributed by atoms with Crippen molar-refractivity contribution in [2.75, 3.05) is 6.54 Å². The molecule has 0 radical (unpaired) electrons. The minimum atomic E-state index is -0.0388. The van der Waals surface area contributed by atoms with Gasteiger partial charge < -0.3 is 11.5 Å². The molecule has 12 heavy (non-hydrogen) atoms. The SMILES string of the molecule is Cl.NC[C@H](N)c1ccc(Br)cc1. The van der Waals surface area contributed by atoms with Crippen molar-refractivity contribution in [1.82, 2.24) is 0 Å². The fourth-order valence-electron chi connectivity index (χ4n) is 0.846. The van der Waals surface area contributed by atoms with E-state index in [-0.39, 0.29) is 18.4 Å². The van der Waals surface area contributed by atoms with Crippen LogP contribution in [-0.4, -0.2) is 6.54 Å². The molecule has 0 aliphatic rings. The maximum absolute atomic E-state index is 5.70. The topological polar surface area (TPSA) is 52.0 Å². The molecule has 0 spiro atoms. The van der Waals surface area contributed by atoms with Crippen molar-refractivity contribution < 1.29 is 0 Å². The average molecular weight is 252 g/mol. The first-order valence-electron chi connectivity index (χ1n) is 3.45. The lowest BCUT2D eigenvalue weighted by atomic mass is 10.1. The van der Waals surface area contributed by atoms with Crippen LogP contribution in [0.3, 0.4) is 0 Å². The fourth-order valence-corrected chi connectivity index (χ4v) is 1.11. The van der Waals surface area contributed by atoms with Crippen LogP contribution in [0.2, 0.25) is 0 Å². The second-order valence-electron chi connectivity index (χ2n) is 2.39. The summed E-state index contributed by atoms with van der Waals surface area (Å²) in [7, 11) is 0. The van der Waals surface area contributed by atoms with Crippen LogP contribution in [0.4, 0.5) is 0 Å². The van der Waals surface area contributed by atoms with E-state index in [0.717, 1.165) is 10.0 Å². The molecule has 0 heterocycles. The van der Waals surface area contributed by atoms with Crippen LogP contribution in [-0.2, 0) is 0 Å². The summed E-state index contributed by atoms with van der Waals surface area (Å²) < 4.78 is 1.06. The molecule has 0 aliphatic heterocycles. The molecule has 4 heteroatoms. The zero-order valence-corrected chi connectivity index (χ0v) is 8.94. The van der Waals surface area contributed by atoms with Gasteiger partial charge in [-0.25, -0.2) is 0 Å². The predicted octanol–water partition coefficient (Wildman–Crippen LogP) is 1.83. The molecule has 1 aromatic rings. The van der Waals surface area contributed by atoms with Gasteiger partial charge in [0.1, 0.15) is 0 Å². The Kier molecular flexibility index (Phi) is 5.50. The normalized spacial score (nSPS) is 11.9. The Labute approximate surface area is 86.9 Å². The van der Waals surface area contributed by atoms with Gasteiger partial charge in [-0.2, -0.15) is 0 Å². The number of hydrogen-bond donors (Lipinski definition) is 2. The second kappa shape index (κ2) is 5.54. The standard InChI is InChI=1S/C8H11BrN2.ClH/c9-7-3-1-6(2-4-7)8(11)5-10;/h1-4,8H,5,10-11H2;1H/t8-;/m0./s1. The van der Waals surface area contributed by atoms with Gasteiger partial charge in [-0.1, -0.05) is 28.1 Å². The Balaban J connectivity index is 0.00000121. The van der Waals surface area contributed by atoms with Gasteiger partial charge in [0.25, 0.3) is 0 Å². The fraction of sp³-hybridized carbons (Fsp3) is 0.250. The van der Waals surface area contributed by atoms with Crippen LogP contribution in [0.1, 0.15) is 11.6 Å². The summed E-state index contributed by atoms with van der Waals surface area (Å²) in [5, 5.41) is 0. The van der Waals surface area contributed by atoms with Crippen molar-refractivity contribution in [3.05, 3.63) is 34.3 Å². The first-order valence-corrected chi connectivity index (χ1v) is 4.24. The molecule has 1 atom stereocenters. The van der Waals surface area contributed by atoms with E-state index in [4.69, 9.17) is 11.5 Å². The molecule has 1 aromatic carbocycles. The highest BCUT2D eigenvalue weighted by Crippen LogP contribution is 2.14. The zero-order valence-electron chi connectivity index (χ0n) is 6.53. The van der Waals surface area contributed by atoms with Gasteiger partial charge in [0.2, 0.25) is 0 Å². The molecule has 0 amide bonds. The lowest BCUT2D eigenvalue weighted by Gasteiger charge is -2.07. The summed E-state index contributed by atoms with van der Waals surface area (Å²) in [4.78, 5) is 0. The molecule has 68 valence electrons. The molecule has 4 N–H and O–H groups in total. The highest BCUT2D eigenvalue weighted by molar-refractivity contribution is 9.10. The van der Waals surface area contributed by atoms with Gasteiger partial charge >= 0.3 is 0 Å². The number of hydrogen-bond acceptors (Lipinski definition) is 2. The van der Waals surface area contributed by atoms with E-state index < -0.39 is 0 Å². The van der Waals surface area contributed by atoms with Crippen LogP contribution in [0.5, 0.6) is 0 Å². The van der Waals surface area contributed by atoms with Crippen molar-refractivity contribution >= 4 is 28.3 Å². The Morgan fingerprint density at radius 2 is 1.75 bits per heavy atom. The summed E-state index contributed by atoms with van der Waals surface area (Å²) in [5.41, 5.74) is 12.2. The molecular weight excluding hydrogens is 239 g/mol. The smallest absolute Gasteiger partial charge is 0.0419 e. The lowest BCUT2D eigenvalue weighted by Crippen LogP contribution is -2.20.